The lowest BCUT2D eigenvalue weighted by atomic mass is 10.1. The van der Waals surface area contributed by atoms with Gasteiger partial charge in [-0.05, 0) is 30.3 Å². The molecule has 164 valence electrons. The average molecular weight is 446 g/mol. The quantitative estimate of drug-likeness (QED) is 0.555. The van der Waals surface area contributed by atoms with Crippen LogP contribution in [0.2, 0.25) is 0 Å². The van der Waals surface area contributed by atoms with E-state index in [4.69, 9.17) is 14.2 Å². The number of morpholine rings is 1. The van der Waals surface area contributed by atoms with Gasteiger partial charge < -0.3 is 14.2 Å². The summed E-state index contributed by atoms with van der Waals surface area (Å²) in [7, 11) is 3.09. The van der Waals surface area contributed by atoms with E-state index in [0.717, 1.165) is 13.1 Å². The van der Waals surface area contributed by atoms with Gasteiger partial charge in [0.1, 0.15) is 17.3 Å². The lowest BCUT2D eigenvalue weighted by Gasteiger charge is -2.29. The largest absolute Gasteiger partial charge is 0.497 e. The lowest BCUT2D eigenvalue weighted by Crippen LogP contribution is -2.43. The molecule has 1 aliphatic rings. The second-order valence-electron chi connectivity index (χ2n) is 7.12. The number of anilines is 1. The number of thiazole rings is 1. The predicted octanol–water partition coefficient (Wildman–Crippen LogP) is 3.43. The third-order valence-electron chi connectivity index (χ3n) is 5.16. The molecular weight excluding hydrogens is 421 g/mol. The summed E-state index contributed by atoms with van der Waals surface area (Å²) >= 11 is 1.30. The molecule has 31 heavy (non-hydrogen) atoms. The molecule has 1 amide bonds. The normalized spacial score (nSPS) is 14.5. The van der Waals surface area contributed by atoms with Gasteiger partial charge in [0.15, 0.2) is 5.13 Å². The molecule has 4 rings (SSSR count). The Morgan fingerprint density at radius 3 is 2.55 bits per heavy atom. The van der Waals surface area contributed by atoms with Gasteiger partial charge in [-0.2, -0.15) is 0 Å². The van der Waals surface area contributed by atoms with Crippen molar-refractivity contribution in [2.24, 2.45) is 0 Å². The maximum Gasteiger partial charge on any atom is 0.260 e. The van der Waals surface area contributed by atoms with Crippen molar-refractivity contribution < 1.29 is 23.4 Å². The van der Waals surface area contributed by atoms with Crippen molar-refractivity contribution in [3.8, 4) is 11.5 Å². The monoisotopic (exact) mass is 445 g/mol. The smallest absolute Gasteiger partial charge is 0.260 e. The number of ether oxygens (including phenoxy) is 3. The Morgan fingerprint density at radius 2 is 1.87 bits per heavy atom. The number of nitrogens with zero attached hydrogens (tertiary/aromatic N) is 3. The number of fused-ring (bicyclic) bond motifs is 1. The van der Waals surface area contributed by atoms with Crippen molar-refractivity contribution in [2.75, 3.05) is 58.5 Å². The molecule has 1 fully saturated rings. The zero-order valence-corrected chi connectivity index (χ0v) is 18.3. The van der Waals surface area contributed by atoms with E-state index in [1.165, 1.54) is 23.5 Å². The van der Waals surface area contributed by atoms with Crippen molar-refractivity contribution in [1.29, 1.82) is 0 Å². The maximum atomic E-state index is 13.7. The molecule has 0 N–H and O–H groups in total. The summed E-state index contributed by atoms with van der Waals surface area (Å²) in [4.78, 5) is 22.1. The number of carbonyl (C=O) groups is 1. The highest BCUT2D eigenvalue weighted by molar-refractivity contribution is 7.22. The Labute approximate surface area is 183 Å². The molecule has 0 spiro atoms. The fraction of sp³-hybridized carbons (Fsp3) is 0.364. The van der Waals surface area contributed by atoms with Gasteiger partial charge in [0, 0.05) is 37.8 Å². The molecule has 0 unspecified atom stereocenters. The fourth-order valence-electron chi connectivity index (χ4n) is 3.44. The van der Waals surface area contributed by atoms with Crippen LogP contribution in [0.4, 0.5) is 9.52 Å². The Hall–Kier alpha value is -2.75. The van der Waals surface area contributed by atoms with E-state index in [0.29, 0.717) is 58.7 Å². The zero-order chi connectivity index (χ0) is 21.8. The van der Waals surface area contributed by atoms with Crippen LogP contribution < -0.4 is 14.4 Å². The first-order valence-electron chi connectivity index (χ1n) is 9.98. The Morgan fingerprint density at radius 1 is 1.16 bits per heavy atom. The molecule has 0 bridgehead atoms. The maximum absolute atomic E-state index is 13.7. The van der Waals surface area contributed by atoms with Gasteiger partial charge in [-0.1, -0.05) is 11.3 Å². The molecule has 0 aliphatic carbocycles. The summed E-state index contributed by atoms with van der Waals surface area (Å²) in [6.45, 7) is 4.13. The molecule has 1 aromatic heterocycles. The van der Waals surface area contributed by atoms with Gasteiger partial charge in [-0.3, -0.25) is 14.6 Å². The van der Waals surface area contributed by atoms with Gasteiger partial charge in [0.25, 0.3) is 5.91 Å². The summed E-state index contributed by atoms with van der Waals surface area (Å²) < 4.78 is 30.4. The van der Waals surface area contributed by atoms with Gasteiger partial charge in [0.2, 0.25) is 0 Å². The average Bonchev–Trinajstić information content (AvgIpc) is 3.22. The Balaban J connectivity index is 1.67. The molecule has 2 heterocycles. The van der Waals surface area contributed by atoms with Crippen molar-refractivity contribution in [2.45, 2.75) is 0 Å². The molecule has 0 radical (unpaired) electrons. The number of aromatic nitrogens is 1. The van der Waals surface area contributed by atoms with Gasteiger partial charge in [0.05, 0.1) is 37.6 Å². The first-order valence-corrected chi connectivity index (χ1v) is 10.8. The van der Waals surface area contributed by atoms with E-state index in [1.807, 2.05) is 0 Å². The van der Waals surface area contributed by atoms with Crippen molar-refractivity contribution >= 4 is 32.6 Å². The SMILES string of the molecule is COc1cc(OC)cc(C(=O)N(CCN2CCOCC2)c2nc3ccc(F)cc3s2)c1. The van der Waals surface area contributed by atoms with Crippen LogP contribution in [0.5, 0.6) is 11.5 Å². The zero-order valence-electron chi connectivity index (χ0n) is 17.5. The van der Waals surface area contributed by atoms with Crippen LogP contribution in [0.1, 0.15) is 10.4 Å². The van der Waals surface area contributed by atoms with Gasteiger partial charge in [-0.15, -0.1) is 0 Å². The minimum atomic E-state index is -0.327. The lowest BCUT2D eigenvalue weighted by molar-refractivity contribution is 0.0391. The molecule has 2 aromatic carbocycles. The van der Waals surface area contributed by atoms with Crippen LogP contribution in [-0.2, 0) is 4.74 Å². The number of benzene rings is 2. The molecule has 0 atom stereocenters. The molecule has 1 aliphatic heterocycles. The summed E-state index contributed by atoms with van der Waals surface area (Å²) in [6, 6.07) is 9.52. The summed E-state index contributed by atoms with van der Waals surface area (Å²) in [6.07, 6.45) is 0. The van der Waals surface area contributed by atoms with Crippen molar-refractivity contribution in [3.05, 3.63) is 47.8 Å². The molecule has 7 nitrogen and oxygen atoms in total. The number of hydrogen-bond donors (Lipinski definition) is 0. The standard InChI is InChI=1S/C22H24FN3O4S/c1-28-17-11-15(12-18(14-17)29-2)21(27)26(6-5-25-7-9-30-10-8-25)22-24-19-4-3-16(23)13-20(19)31-22/h3-4,11-14H,5-10H2,1-2H3. The highest BCUT2D eigenvalue weighted by Crippen LogP contribution is 2.31. The Bertz CT molecular complexity index is 1050. The first-order chi connectivity index (χ1) is 15.1. The number of carbonyl (C=O) groups excluding carboxylic acids is 1. The molecule has 1 saturated heterocycles. The number of amides is 1. The number of rotatable bonds is 7. The number of hydrogen-bond acceptors (Lipinski definition) is 7. The van der Waals surface area contributed by atoms with Crippen LogP contribution in [-0.4, -0.2) is 69.4 Å². The van der Waals surface area contributed by atoms with E-state index >= 15 is 0 Å². The number of halogens is 1. The molecular formula is C22H24FN3O4S. The molecule has 3 aromatic rings. The van der Waals surface area contributed by atoms with Gasteiger partial charge in [-0.25, -0.2) is 9.37 Å². The summed E-state index contributed by atoms with van der Waals surface area (Å²) in [5.74, 6) is 0.515. The Kier molecular flexibility index (Phi) is 6.64. The third-order valence-corrected chi connectivity index (χ3v) is 6.20. The van der Waals surface area contributed by atoms with E-state index in [-0.39, 0.29) is 11.7 Å². The topological polar surface area (TPSA) is 64.1 Å². The summed E-state index contributed by atoms with van der Waals surface area (Å²) in [5, 5.41) is 0.528. The highest BCUT2D eigenvalue weighted by atomic mass is 32.1. The van der Waals surface area contributed by atoms with Crippen LogP contribution in [0.3, 0.4) is 0 Å². The second-order valence-corrected chi connectivity index (χ2v) is 8.13. The van der Waals surface area contributed by atoms with E-state index < -0.39 is 0 Å². The van der Waals surface area contributed by atoms with Crippen LogP contribution >= 0.6 is 11.3 Å². The third kappa shape index (κ3) is 4.95. The minimum Gasteiger partial charge on any atom is -0.497 e. The first kappa shape index (κ1) is 21.5. The summed E-state index contributed by atoms with van der Waals surface area (Å²) in [5.41, 5.74) is 1.09. The second kappa shape index (κ2) is 9.59. The van der Waals surface area contributed by atoms with E-state index in [9.17, 15) is 9.18 Å². The highest BCUT2D eigenvalue weighted by Gasteiger charge is 2.24. The van der Waals surface area contributed by atoms with E-state index in [2.05, 4.69) is 9.88 Å². The van der Waals surface area contributed by atoms with Crippen molar-refractivity contribution in [1.82, 2.24) is 9.88 Å². The van der Waals surface area contributed by atoms with Gasteiger partial charge >= 0.3 is 0 Å². The fourth-order valence-corrected chi connectivity index (χ4v) is 4.45. The number of methoxy groups -OCH3 is 2. The molecule has 0 saturated carbocycles. The minimum absolute atomic E-state index is 0.218. The van der Waals surface area contributed by atoms with Crippen LogP contribution in [0.25, 0.3) is 10.2 Å². The molecule has 9 heteroatoms. The van der Waals surface area contributed by atoms with E-state index in [1.54, 1.807) is 43.4 Å². The van der Waals surface area contributed by atoms with Crippen molar-refractivity contribution in [3.63, 3.8) is 0 Å². The van der Waals surface area contributed by atoms with Crippen LogP contribution in [0.15, 0.2) is 36.4 Å². The predicted molar refractivity (Wildman–Crippen MR) is 118 cm³/mol. The van der Waals surface area contributed by atoms with Crippen LogP contribution in [0, 0.1) is 5.82 Å².